The Bertz CT molecular complexity index is 816. The maximum atomic E-state index is 12.0. The summed E-state index contributed by atoms with van der Waals surface area (Å²) in [6.45, 7) is 2.01. The van der Waals surface area contributed by atoms with Gasteiger partial charge in [0.2, 0.25) is 0 Å². The molecule has 0 aliphatic heterocycles. The molecule has 0 unspecified atom stereocenters. The molecule has 0 spiro atoms. The van der Waals surface area contributed by atoms with Gasteiger partial charge in [-0.2, -0.15) is 5.10 Å². The highest BCUT2D eigenvalue weighted by Crippen LogP contribution is 2.33. The molecule has 5 nitrogen and oxygen atoms in total. The molecule has 0 saturated heterocycles. The van der Waals surface area contributed by atoms with Gasteiger partial charge in [0.25, 0.3) is 0 Å². The Morgan fingerprint density at radius 2 is 2.10 bits per heavy atom. The molecule has 0 atom stereocenters. The zero-order chi connectivity index (χ0) is 14.1. The second-order valence-corrected chi connectivity index (χ2v) is 4.65. The summed E-state index contributed by atoms with van der Waals surface area (Å²) in [5.41, 5.74) is 9.85. The highest BCUT2D eigenvalue weighted by Gasteiger charge is 2.16. The van der Waals surface area contributed by atoms with E-state index < -0.39 is 0 Å². The molecule has 0 bridgehead atoms. The molecule has 5 heteroatoms. The molecule has 4 N–H and O–H groups in total. The molecule has 0 amide bonds. The number of aryl methyl sites for hydroxylation is 1. The minimum atomic E-state index is -0.0821. The Kier molecular flexibility index (Phi) is 2.87. The van der Waals surface area contributed by atoms with Crippen LogP contribution in [0.4, 0.5) is 5.82 Å². The molecule has 2 heterocycles. The Hall–Kier alpha value is -2.82. The number of nitrogen functional groups attached to an aromatic ring is 1. The SMILES string of the molecule is Cc1cccc(-c2c(N)n[nH]c2-c2c[nH]ccc2=O)c1. The van der Waals surface area contributed by atoms with Crippen LogP contribution < -0.4 is 11.2 Å². The van der Waals surface area contributed by atoms with Gasteiger partial charge in [-0.1, -0.05) is 29.8 Å². The van der Waals surface area contributed by atoms with Crippen molar-refractivity contribution in [3.05, 3.63) is 58.5 Å². The zero-order valence-corrected chi connectivity index (χ0v) is 11.0. The maximum absolute atomic E-state index is 12.0. The largest absolute Gasteiger partial charge is 0.382 e. The topological polar surface area (TPSA) is 87.6 Å². The van der Waals surface area contributed by atoms with Crippen LogP contribution in [0.25, 0.3) is 22.4 Å². The molecule has 0 aliphatic rings. The van der Waals surface area contributed by atoms with E-state index in [0.717, 1.165) is 16.7 Å². The smallest absolute Gasteiger partial charge is 0.190 e. The lowest BCUT2D eigenvalue weighted by Crippen LogP contribution is -2.03. The molecule has 0 fully saturated rings. The van der Waals surface area contributed by atoms with Gasteiger partial charge in [-0.05, 0) is 12.5 Å². The van der Waals surface area contributed by atoms with Crippen LogP contribution in [0.5, 0.6) is 0 Å². The van der Waals surface area contributed by atoms with Crippen molar-refractivity contribution in [2.24, 2.45) is 0 Å². The first-order valence-electron chi connectivity index (χ1n) is 6.25. The van der Waals surface area contributed by atoms with E-state index in [2.05, 4.69) is 15.2 Å². The first-order chi connectivity index (χ1) is 9.66. The van der Waals surface area contributed by atoms with E-state index in [4.69, 9.17) is 5.73 Å². The van der Waals surface area contributed by atoms with E-state index in [0.29, 0.717) is 17.1 Å². The van der Waals surface area contributed by atoms with Crippen molar-refractivity contribution in [1.82, 2.24) is 15.2 Å². The second-order valence-electron chi connectivity index (χ2n) is 4.65. The van der Waals surface area contributed by atoms with Crippen molar-refractivity contribution < 1.29 is 0 Å². The molecular weight excluding hydrogens is 252 g/mol. The molecule has 3 aromatic rings. The van der Waals surface area contributed by atoms with Crippen LogP contribution in [0.1, 0.15) is 5.56 Å². The number of nitrogens with zero attached hydrogens (tertiary/aromatic N) is 1. The molecule has 1 aromatic carbocycles. The van der Waals surface area contributed by atoms with Crippen molar-refractivity contribution in [3.63, 3.8) is 0 Å². The number of aromatic nitrogens is 3. The van der Waals surface area contributed by atoms with Gasteiger partial charge >= 0.3 is 0 Å². The van der Waals surface area contributed by atoms with E-state index in [1.165, 1.54) is 6.07 Å². The molecule has 100 valence electrons. The molecule has 2 aromatic heterocycles. The standard InChI is InChI=1S/C15H14N4O/c1-9-3-2-4-10(7-9)13-14(18-19-15(13)16)11-8-17-6-5-12(11)20/h2-8H,1H3,(H,17,20)(H3,16,18,19). The first kappa shape index (κ1) is 12.2. The summed E-state index contributed by atoms with van der Waals surface area (Å²) in [5.74, 6) is 0.383. The Balaban J connectivity index is 2.26. The van der Waals surface area contributed by atoms with Crippen LogP contribution in [0, 0.1) is 6.92 Å². The van der Waals surface area contributed by atoms with Crippen molar-refractivity contribution in [1.29, 1.82) is 0 Å². The van der Waals surface area contributed by atoms with Gasteiger partial charge in [-0.3, -0.25) is 9.89 Å². The normalized spacial score (nSPS) is 10.7. The summed E-state index contributed by atoms with van der Waals surface area (Å²) < 4.78 is 0. The van der Waals surface area contributed by atoms with Crippen LogP contribution in [0.2, 0.25) is 0 Å². The van der Waals surface area contributed by atoms with Crippen LogP contribution in [-0.2, 0) is 0 Å². The molecular formula is C15H14N4O. The monoisotopic (exact) mass is 266 g/mol. The quantitative estimate of drug-likeness (QED) is 0.665. The van der Waals surface area contributed by atoms with Crippen LogP contribution >= 0.6 is 0 Å². The van der Waals surface area contributed by atoms with E-state index in [-0.39, 0.29) is 5.43 Å². The summed E-state index contributed by atoms with van der Waals surface area (Å²) in [5, 5.41) is 6.89. The number of hydrogen-bond acceptors (Lipinski definition) is 3. The van der Waals surface area contributed by atoms with E-state index in [1.807, 2.05) is 31.2 Å². The highest BCUT2D eigenvalue weighted by atomic mass is 16.1. The summed E-state index contributed by atoms with van der Waals surface area (Å²) in [4.78, 5) is 14.9. The number of aromatic amines is 2. The summed E-state index contributed by atoms with van der Waals surface area (Å²) >= 11 is 0. The third-order valence-corrected chi connectivity index (χ3v) is 3.19. The minimum Gasteiger partial charge on any atom is -0.382 e. The number of benzene rings is 1. The Morgan fingerprint density at radius 1 is 1.25 bits per heavy atom. The fourth-order valence-corrected chi connectivity index (χ4v) is 2.26. The predicted molar refractivity (Wildman–Crippen MR) is 79.2 cm³/mol. The number of hydrogen-bond donors (Lipinski definition) is 3. The molecule has 0 saturated carbocycles. The van der Waals surface area contributed by atoms with Gasteiger partial charge in [0, 0.05) is 18.5 Å². The van der Waals surface area contributed by atoms with Crippen molar-refractivity contribution in [3.8, 4) is 22.4 Å². The Labute approximate surface area is 115 Å². The van der Waals surface area contributed by atoms with Gasteiger partial charge in [-0.25, -0.2) is 0 Å². The lowest BCUT2D eigenvalue weighted by Gasteiger charge is -2.05. The number of anilines is 1. The Morgan fingerprint density at radius 3 is 2.85 bits per heavy atom. The summed E-state index contributed by atoms with van der Waals surface area (Å²) in [6.07, 6.45) is 3.24. The lowest BCUT2D eigenvalue weighted by molar-refractivity contribution is 1.10. The average Bonchev–Trinajstić information content (AvgIpc) is 2.81. The molecule has 3 rings (SSSR count). The fourth-order valence-electron chi connectivity index (χ4n) is 2.26. The molecule has 20 heavy (non-hydrogen) atoms. The fraction of sp³-hybridized carbons (Fsp3) is 0.0667. The second kappa shape index (κ2) is 4.70. The maximum Gasteiger partial charge on any atom is 0.190 e. The van der Waals surface area contributed by atoms with Gasteiger partial charge in [0.15, 0.2) is 11.2 Å². The highest BCUT2D eigenvalue weighted by molar-refractivity contribution is 5.87. The number of nitrogens with two attached hydrogens (primary N) is 1. The minimum absolute atomic E-state index is 0.0821. The zero-order valence-electron chi connectivity index (χ0n) is 11.0. The third kappa shape index (κ3) is 1.99. The van der Waals surface area contributed by atoms with Crippen LogP contribution in [0.3, 0.4) is 0 Å². The molecule has 0 aliphatic carbocycles. The van der Waals surface area contributed by atoms with Crippen LogP contribution in [-0.4, -0.2) is 15.2 Å². The number of rotatable bonds is 2. The van der Waals surface area contributed by atoms with Crippen molar-refractivity contribution >= 4 is 5.82 Å². The number of H-pyrrole nitrogens is 2. The lowest BCUT2D eigenvalue weighted by atomic mass is 10.0. The van der Waals surface area contributed by atoms with Crippen LogP contribution in [0.15, 0.2) is 47.5 Å². The predicted octanol–water partition coefficient (Wildman–Crippen LogP) is 2.32. The van der Waals surface area contributed by atoms with E-state index in [1.54, 1.807) is 12.4 Å². The van der Waals surface area contributed by atoms with Gasteiger partial charge in [-0.15, -0.1) is 0 Å². The summed E-state index contributed by atoms with van der Waals surface area (Å²) in [6, 6.07) is 9.41. The van der Waals surface area contributed by atoms with Gasteiger partial charge < -0.3 is 10.7 Å². The van der Waals surface area contributed by atoms with Gasteiger partial charge in [0.1, 0.15) is 0 Å². The van der Waals surface area contributed by atoms with Gasteiger partial charge in [0.05, 0.1) is 16.8 Å². The number of nitrogens with one attached hydrogen (secondary N) is 2. The van der Waals surface area contributed by atoms with Crippen molar-refractivity contribution in [2.75, 3.05) is 5.73 Å². The van der Waals surface area contributed by atoms with Crippen molar-refractivity contribution in [2.45, 2.75) is 6.92 Å². The van der Waals surface area contributed by atoms with E-state index >= 15 is 0 Å². The average molecular weight is 266 g/mol. The molecule has 0 radical (unpaired) electrons. The first-order valence-corrected chi connectivity index (χ1v) is 6.25. The number of pyridine rings is 1. The van der Waals surface area contributed by atoms with E-state index in [9.17, 15) is 4.79 Å². The summed E-state index contributed by atoms with van der Waals surface area (Å²) in [7, 11) is 0. The third-order valence-electron chi connectivity index (χ3n) is 3.19.